The molecule has 0 fully saturated rings. The minimum atomic E-state index is -0.0246. The van der Waals surface area contributed by atoms with Crippen molar-refractivity contribution in [3.8, 4) is 0 Å². The van der Waals surface area contributed by atoms with Crippen molar-refractivity contribution in [3.05, 3.63) is 192 Å². The van der Waals surface area contributed by atoms with Crippen molar-refractivity contribution in [2.75, 3.05) is 0 Å². The second-order valence-electron chi connectivity index (χ2n) is 12.7. The highest BCUT2D eigenvalue weighted by Crippen LogP contribution is 2.45. The van der Waals surface area contributed by atoms with Crippen LogP contribution in [0.25, 0.3) is 55.0 Å². The Morgan fingerprint density at radius 3 is 2.37 bits per heavy atom. The Balaban J connectivity index is 1.25. The smallest absolute Gasteiger partial charge is 0.139 e. The lowest BCUT2D eigenvalue weighted by Gasteiger charge is -2.24. The summed E-state index contributed by atoms with van der Waals surface area (Å²) in [6.07, 6.45) is 27.9. The van der Waals surface area contributed by atoms with Crippen LogP contribution in [0.3, 0.4) is 0 Å². The number of fused-ring (bicyclic) bond motifs is 7. The van der Waals surface area contributed by atoms with Gasteiger partial charge in [0.05, 0.1) is 0 Å². The summed E-state index contributed by atoms with van der Waals surface area (Å²) in [6, 6.07) is 27.8. The first kappa shape index (κ1) is 30.5. The Hall–Kier alpha value is -5.86. The summed E-state index contributed by atoms with van der Waals surface area (Å²) in [5, 5.41) is 4.39. The zero-order chi connectivity index (χ0) is 33.3. The summed E-state index contributed by atoms with van der Waals surface area (Å²) in [5.74, 6) is -0.0246. The third-order valence-electron chi connectivity index (χ3n) is 9.78. The fourth-order valence-electron chi connectivity index (χ4n) is 7.24. The van der Waals surface area contributed by atoms with Gasteiger partial charge in [-0.3, -0.25) is 0 Å². The molecule has 0 aliphatic heterocycles. The van der Waals surface area contributed by atoms with Crippen LogP contribution in [0.1, 0.15) is 49.3 Å². The average Bonchev–Trinajstić information content (AvgIpc) is 3.59. The lowest BCUT2D eigenvalue weighted by Crippen LogP contribution is -2.05. The van der Waals surface area contributed by atoms with E-state index in [-0.39, 0.29) is 5.92 Å². The van der Waals surface area contributed by atoms with Crippen LogP contribution in [0.5, 0.6) is 0 Å². The Kier molecular flexibility index (Phi) is 8.07. The number of allylic oxidation sites excluding steroid dienone is 17. The van der Waals surface area contributed by atoms with Crippen LogP contribution in [-0.4, -0.2) is 0 Å². The lowest BCUT2D eigenvalue weighted by atomic mass is 9.80. The lowest BCUT2D eigenvalue weighted by molar-refractivity contribution is 0.656. The molecule has 2 aliphatic rings. The van der Waals surface area contributed by atoms with E-state index in [2.05, 4.69) is 141 Å². The quantitative estimate of drug-likeness (QED) is 0.163. The molecule has 2 aromatic heterocycles. The summed E-state index contributed by atoms with van der Waals surface area (Å²) in [7, 11) is 0. The molecule has 0 bridgehead atoms. The fourth-order valence-corrected chi connectivity index (χ4v) is 7.24. The predicted octanol–water partition coefficient (Wildman–Crippen LogP) is 13.5. The molecule has 0 N–H and O–H groups in total. The van der Waals surface area contributed by atoms with Crippen LogP contribution >= 0.6 is 0 Å². The van der Waals surface area contributed by atoms with Gasteiger partial charge in [-0.25, -0.2) is 0 Å². The molecule has 2 nitrogen and oxygen atoms in total. The number of rotatable bonds is 7. The van der Waals surface area contributed by atoms with E-state index in [1.807, 2.05) is 24.3 Å². The van der Waals surface area contributed by atoms with Crippen molar-refractivity contribution in [1.82, 2.24) is 0 Å². The maximum Gasteiger partial charge on any atom is 0.139 e. The van der Waals surface area contributed by atoms with Crippen molar-refractivity contribution in [3.63, 3.8) is 0 Å². The highest BCUT2D eigenvalue weighted by molar-refractivity contribution is 6.26. The van der Waals surface area contributed by atoms with Gasteiger partial charge in [0.15, 0.2) is 0 Å². The van der Waals surface area contributed by atoms with Gasteiger partial charge in [0.2, 0.25) is 0 Å². The molecule has 8 rings (SSSR count). The van der Waals surface area contributed by atoms with Gasteiger partial charge in [0, 0.05) is 33.0 Å². The molecule has 1 atom stereocenters. The third kappa shape index (κ3) is 5.50. The van der Waals surface area contributed by atoms with Gasteiger partial charge >= 0.3 is 0 Å². The van der Waals surface area contributed by atoms with Gasteiger partial charge in [-0.05, 0) is 77.0 Å². The minimum absolute atomic E-state index is 0.0246. The molecule has 2 aliphatic carbocycles. The fraction of sp³-hybridized carbons (Fsp3) is 0.106. The number of hydrogen-bond acceptors (Lipinski definition) is 2. The molecule has 0 amide bonds. The van der Waals surface area contributed by atoms with Gasteiger partial charge in [-0.1, -0.05) is 147 Å². The largest absolute Gasteiger partial charge is 0.456 e. The molecule has 1 unspecified atom stereocenters. The number of para-hydroxylation sites is 2. The van der Waals surface area contributed by atoms with E-state index in [1.54, 1.807) is 0 Å². The van der Waals surface area contributed by atoms with Crippen molar-refractivity contribution in [1.29, 1.82) is 0 Å². The van der Waals surface area contributed by atoms with Gasteiger partial charge in [0.25, 0.3) is 0 Å². The van der Waals surface area contributed by atoms with E-state index in [4.69, 9.17) is 15.4 Å². The molecule has 49 heavy (non-hydrogen) atoms. The highest BCUT2D eigenvalue weighted by Gasteiger charge is 2.24. The van der Waals surface area contributed by atoms with Gasteiger partial charge in [0.1, 0.15) is 22.3 Å². The highest BCUT2D eigenvalue weighted by atomic mass is 16.3. The van der Waals surface area contributed by atoms with Crippen LogP contribution < -0.4 is 0 Å². The molecule has 6 aromatic rings. The van der Waals surface area contributed by atoms with Gasteiger partial charge in [-0.2, -0.15) is 0 Å². The first-order valence-electron chi connectivity index (χ1n) is 17.1. The van der Waals surface area contributed by atoms with Crippen LogP contribution in [0.4, 0.5) is 0 Å². The second-order valence-corrected chi connectivity index (χ2v) is 12.7. The van der Waals surface area contributed by atoms with Crippen molar-refractivity contribution < 1.29 is 8.83 Å². The Morgan fingerprint density at radius 1 is 0.755 bits per heavy atom. The molecule has 0 spiro atoms. The summed E-state index contributed by atoms with van der Waals surface area (Å²) in [4.78, 5) is 0. The van der Waals surface area contributed by atoms with Gasteiger partial charge < -0.3 is 8.83 Å². The second kappa shape index (κ2) is 13.0. The molecule has 2 heterocycles. The molecule has 2 heteroatoms. The van der Waals surface area contributed by atoms with Crippen LogP contribution in [-0.2, 0) is 0 Å². The monoisotopic (exact) mass is 634 g/mol. The first-order chi connectivity index (χ1) is 24.1. The first-order valence-corrected chi connectivity index (χ1v) is 17.1. The topological polar surface area (TPSA) is 26.3 Å². The Labute approximate surface area is 287 Å². The molecule has 238 valence electrons. The van der Waals surface area contributed by atoms with E-state index < -0.39 is 0 Å². The van der Waals surface area contributed by atoms with Crippen LogP contribution in [0.15, 0.2) is 184 Å². The molecular weight excluding hydrogens is 597 g/mol. The number of furan rings is 2. The minimum Gasteiger partial charge on any atom is -0.456 e. The predicted molar refractivity (Wildman–Crippen MR) is 209 cm³/mol. The molecule has 0 saturated heterocycles. The molecule has 4 aromatic carbocycles. The zero-order valence-electron chi connectivity index (χ0n) is 27.9. The van der Waals surface area contributed by atoms with E-state index >= 15 is 0 Å². The standard InChI is InChI=1S/C47H38O2/c1-4-5-20-37(44(35-18-11-8-12-19-35)36-27-25-34(26-28-36)33-16-9-6-7-10-17-33)31(2)32(3)38-22-15-23-40-46-43(49-47(38)40)30-29-42-45(46)39-21-13-14-24-41(39)48-42/h4-6,8-18,20-30,32H,2,7,19H2,1,3H3/b5-4-,37-20+,44-35-. The van der Waals surface area contributed by atoms with E-state index in [9.17, 15) is 0 Å². The van der Waals surface area contributed by atoms with Crippen molar-refractivity contribution in [2.45, 2.75) is 32.6 Å². The summed E-state index contributed by atoms with van der Waals surface area (Å²) >= 11 is 0. The summed E-state index contributed by atoms with van der Waals surface area (Å²) in [6.45, 7) is 9.11. The normalized spacial score (nSPS) is 16.7. The van der Waals surface area contributed by atoms with E-state index in [1.165, 1.54) is 27.8 Å². The van der Waals surface area contributed by atoms with Crippen molar-refractivity contribution in [2.24, 2.45) is 0 Å². The zero-order valence-corrected chi connectivity index (χ0v) is 27.9. The summed E-state index contributed by atoms with van der Waals surface area (Å²) < 4.78 is 13.0. The number of benzene rings is 4. The Morgan fingerprint density at radius 2 is 1.55 bits per heavy atom. The third-order valence-corrected chi connectivity index (χ3v) is 9.78. The maximum atomic E-state index is 6.72. The summed E-state index contributed by atoms with van der Waals surface area (Å²) in [5.41, 5.74) is 12.9. The molecule has 0 radical (unpaired) electrons. The number of hydrogen-bond donors (Lipinski definition) is 0. The average molecular weight is 635 g/mol. The van der Waals surface area contributed by atoms with E-state index in [0.717, 1.165) is 73.4 Å². The van der Waals surface area contributed by atoms with Crippen LogP contribution in [0, 0.1) is 0 Å². The molecular formula is C47H38O2. The SMILES string of the molecule is C=C(C(=C\C=C/C)/C(=C1/C=CC=CC1)c1ccc(C2=CC=CCC=C2)cc1)C(C)c1cccc2c1oc1ccc3oc4ccccc4c3c12. The molecule has 0 saturated carbocycles. The van der Waals surface area contributed by atoms with Crippen molar-refractivity contribution >= 4 is 55.0 Å². The van der Waals surface area contributed by atoms with E-state index in [0.29, 0.717) is 0 Å². The Bertz CT molecular complexity index is 2510. The van der Waals surface area contributed by atoms with Crippen LogP contribution in [0.2, 0.25) is 0 Å². The maximum absolute atomic E-state index is 6.72. The van der Waals surface area contributed by atoms with Gasteiger partial charge in [-0.15, -0.1) is 0 Å².